The summed E-state index contributed by atoms with van der Waals surface area (Å²) in [4.78, 5) is 14.3. The summed E-state index contributed by atoms with van der Waals surface area (Å²) in [7, 11) is 0. The molecule has 0 saturated heterocycles. The Bertz CT molecular complexity index is 415. The lowest BCUT2D eigenvalue weighted by atomic mass is 10.1. The summed E-state index contributed by atoms with van der Waals surface area (Å²) in [5, 5.41) is 9.20. The fourth-order valence-electron chi connectivity index (χ4n) is 1.93. The van der Waals surface area contributed by atoms with Gasteiger partial charge < -0.3 is 15.7 Å². The molecule has 0 aliphatic carbocycles. The first-order valence-electron chi connectivity index (χ1n) is 7.19. The van der Waals surface area contributed by atoms with Crippen molar-refractivity contribution in [1.29, 1.82) is 0 Å². The Morgan fingerprint density at radius 2 is 1.85 bits per heavy atom. The smallest absolute Gasteiger partial charge is 0.253 e. The highest BCUT2D eigenvalue weighted by atomic mass is 16.3. The first kappa shape index (κ1) is 16.5. The second kappa shape index (κ2) is 7.90. The van der Waals surface area contributed by atoms with Crippen molar-refractivity contribution in [2.45, 2.75) is 27.2 Å². The van der Waals surface area contributed by atoms with Crippen molar-refractivity contribution in [2.24, 2.45) is 11.8 Å². The highest BCUT2D eigenvalue weighted by Crippen LogP contribution is 2.12. The predicted octanol–water partition coefficient (Wildman–Crippen LogP) is 2.39. The number of aliphatic hydroxyl groups is 1. The largest absolute Gasteiger partial charge is 0.399 e. The summed E-state index contributed by atoms with van der Waals surface area (Å²) in [6.07, 6.45) is 0.957. The summed E-state index contributed by atoms with van der Waals surface area (Å²) in [5.74, 6) is 0.631. The van der Waals surface area contributed by atoms with Gasteiger partial charge in [-0.15, -0.1) is 0 Å². The molecule has 0 spiro atoms. The fourth-order valence-corrected chi connectivity index (χ4v) is 1.93. The monoisotopic (exact) mass is 278 g/mol. The molecule has 1 amide bonds. The Morgan fingerprint density at radius 3 is 2.35 bits per heavy atom. The number of carbonyl (C=O) groups is 1. The molecule has 1 atom stereocenters. The molecule has 4 nitrogen and oxygen atoms in total. The van der Waals surface area contributed by atoms with Crippen molar-refractivity contribution in [3.8, 4) is 0 Å². The van der Waals surface area contributed by atoms with Crippen molar-refractivity contribution in [3.05, 3.63) is 29.8 Å². The molecule has 0 aliphatic rings. The number of amides is 1. The molecule has 0 bridgehead atoms. The second-order valence-corrected chi connectivity index (χ2v) is 5.84. The van der Waals surface area contributed by atoms with Gasteiger partial charge in [0.1, 0.15) is 0 Å². The molecule has 1 aromatic carbocycles. The Labute approximate surface area is 121 Å². The second-order valence-electron chi connectivity index (χ2n) is 5.84. The summed E-state index contributed by atoms with van der Waals surface area (Å²) < 4.78 is 0. The Kier molecular flexibility index (Phi) is 6.52. The van der Waals surface area contributed by atoms with Crippen molar-refractivity contribution in [3.63, 3.8) is 0 Å². The average Bonchev–Trinajstić information content (AvgIpc) is 2.43. The number of anilines is 1. The van der Waals surface area contributed by atoms with Gasteiger partial charge in [-0.2, -0.15) is 0 Å². The van der Waals surface area contributed by atoms with Crippen LogP contribution < -0.4 is 5.73 Å². The molecule has 0 unspecified atom stereocenters. The molecule has 112 valence electrons. The number of hydrogen-bond acceptors (Lipinski definition) is 3. The van der Waals surface area contributed by atoms with Crippen LogP contribution in [0.5, 0.6) is 0 Å². The average molecular weight is 278 g/mol. The molecule has 1 aromatic rings. The molecule has 3 N–H and O–H groups in total. The third-order valence-electron chi connectivity index (χ3n) is 3.26. The molecule has 0 aliphatic heterocycles. The van der Waals surface area contributed by atoms with E-state index in [4.69, 9.17) is 5.73 Å². The van der Waals surface area contributed by atoms with Crippen LogP contribution in [-0.4, -0.2) is 35.6 Å². The summed E-state index contributed by atoms with van der Waals surface area (Å²) in [6, 6.07) is 6.99. The Hall–Kier alpha value is -1.55. The van der Waals surface area contributed by atoms with Crippen LogP contribution in [0, 0.1) is 11.8 Å². The van der Waals surface area contributed by atoms with Crippen LogP contribution in [0.25, 0.3) is 0 Å². The van der Waals surface area contributed by atoms with Gasteiger partial charge in [0.25, 0.3) is 5.91 Å². The van der Waals surface area contributed by atoms with Crippen LogP contribution in [0.3, 0.4) is 0 Å². The maximum atomic E-state index is 12.5. The van der Waals surface area contributed by atoms with Gasteiger partial charge in [0.2, 0.25) is 0 Å². The lowest BCUT2D eigenvalue weighted by Crippen LogP contribution is -2.37. The number of carbonyl (C=O) groups excluding carboxylic acids is 1. The molecular weight excluding hydrogens is 252 g/mol. The van der Waals surface area contributed by atoms with E-state index in [1.807, 2.05) is 11.8 Å². The summed E-state index contributed by atoms with van der Waals surface area (Å²) in [5.41, 5.74) is 6.94. The number of nitrogens with two attached hydrogens (primary N) is 1. The van der Waals surface area contributed by atoms with Gasteiger partial charge in [-0.1, -0.05) is 20.8 Å². The third-order valence-corrected chi connectivity index (χ3v) is 3.26. The molecule has 0 radical (unpaired) electrons. The van der Waals surface area contributed by atoms with Gasteiger partial charge in [-0.3, -0.25) is 4.79 Å². The fraction of sp³-hybridized carbons (Fsp3) is 0.562. The van der Waals surface area contributed by atoms with Crippen LogP contribution in [0.1, 0.15) is 37.6 Å². The quantitative estimate of drug-likeness (QED) is 0.753. The lowest BCUT2D eigenvalue weighted by molar-refractivity contribution is 0.0701. The first-order valence-corrected chi connectivity index (χ1v) is 7.19. The van der Waals surface area contributed by atoms with Crippen molar-refractivity contribution in [1.82, 2.24) is 4.90 Å². The van der Waals surface area contributed by atoms with E-state index in [0.29, 0.717) is 30.3 Å². The molecule has 1 rings (SSSR count). The summed E-state index contributed by atoms with van der Waals surface area (Å²) in [6.45, 7) is 7.60. The van der Waals surface area contributed by atoms with Gasteiger partial charge in [-0.25, -0.2) is 0 Å². The number of benzene rings is 1. The number of aliphatic hydroxyl groups excluding tert-OH is 1. The molecule has 0 heterocycles. The van der Waals surface area contributed by atoms with Crippen LogP contribution in [0.2, 0.25) is 0 Å². The van der Waals surface area contributed by atoms with E-state index >= 15 is 0 Å². The minimum atomic E-state index is 0.00551. The molecule has 0 fully saturated rings. The zero-order valence-electron chi connectivity index (χ0n) is 12.7. The Balaban J connectivity index is 2.79. The maximum Gasteiger partial charge on any atom is 0.253 e. The number of nitrogen functional groups attached to an aromatic ring is 1. The first-order chi connectivity index (χ1) is 9.43. The number of hydrogen-bond donors (Lipinski definition) is 2. The van der Waals surface area contributed by atoms with E-state index in [1.54, 1.807) is 24.3 Å². The number of nitrogens with zero attached hydrogens (tertiary/aromatic N) is 1. The molecule has 20 heavy (non-hydrogen) atoms. The Morgan fingerprint density at radius 1 is 1.25 bits per heavy atom. The standard InChI is InChI=1S/C16H26N2O2/c1-12(2)8-9-18(10-13(3)11-19)16(20)14-4-6-15(17)7-5-14/h4-7,12-13,19H,8-11,17H2,1-3H3/t13-/m0/s1. The van der Waals surface area contributed by atoms with E-state index in [9.17, 15) is 9.90 Å². The van der Waals surface area contributed by atoms with Crippen LogP contribution in [-0.2, 0) is 0 Å². The van der Waals surface area contributed by atoms with Gasteiger partial charge in [-0.05, 0) is 42.5 Å². The third kappa shape index (κ3) is 5.21. The minimum absolute atomic E-state index is 0.00551. The highest BCUT2D eigenvalue weighted by molar-refractivity contribution is 5.94. The SMILES string of the molecule is CC(C)CCN(C[C@H](C)CO)C(=O)c1ccc(N)cc1. The summed E-state index contributed by atoms with van der Waals surface area (Å²) >= 11 is 0. The van der Waals surface area contributed by atoms with Crippen molar-refractivity contribution >= 4 is 11.6 Å². The zero-order chi connectivity index (χ0) is 15.1. The maximum absolute atomic E-state index is 12.5. The van der Waals surface area contributed by atoms with Crippen LogP contribution in [0.15, 0.2) is 24.3 Å². The van der Waals surface area contributed by atoms with Crippen LogP contribution in [0.4, 0.5) is 5.69 Å². The van der Waals surface area contributed by atoms with Gasteiger partial charge >= 0.3 is 0 Å². The number of rotatable bonds is 7. The minimum Gasteiger partial charge on any atom is -0.399 e. The van der Waals surface area contributed by atoms with Gasteiger partial charge in [0.15, 0.2) is 0 Å². The predicted molar refractivity (Wildman–Crippen MR) is 82.5 cm³/mol. The van der Waals surface area contributed by atoms with Gasteiger partial charge in [0, 0.05) is 30.9 Å². The van der Waals surface area contributed by atoms with Crippen LogP contribution >= 0.6 is 0 Å². The zero-order valence-corrected chi connectivity index (χ0v) is 12.7. The van der Waals surface area contributed by atoms with Crippen molar-refractivity contribution < 1.29 is 9.90 Å². The van der Waals surface area contributed by atoms with E-state index in [-0.39, 0.29) is 18.4 Å². The highest BCUT2D eigenvalue weighted by Gasteiger charge is 2.18. The van der Waals surface area contributed by atoms with E-state index in [0.717, 1.165) is 6.42 Å². The van der Waals surface area contributed by atoms with Gasteiger partial charge in [0.05, 0.1) is 0 Å². The van der Waals surface area contributed by atoms with Crippen molar-refractivity contribution in [2.75, 3.05) is 25.4 Å². The lowest BCUT2D eigenvalue weighted by Gasteiger charge is -2.26. The molecule has 0 aromatic heterocycles. The molecule has 0 saturated carbocycles. The molecular formula is C16H26N2O2. The van der Waals surface area contributed by atoms with E-state index < -0.39 is 0 Å². The topological polar surface area (TPSA) is 66.6 Å². The van der Waals surface area contributed by atoms with E-state index in [2.05, 4.69) is 13.8 Å². The normalized spacial score (nSPS) is 12.4. The molecule has 4 heteroatoms. The van der Waals surface area contributed by atoms with E-state index in [1.165, 1.54) is 0 Å².